The number of nitrogens with zero attached hydrogens (tertiary/aromatic N) is 1. The molecule has 0 unspecified atom stereocenters. The topological polar surface area (TPSA) is 72.4 Å². The minimum absolute atomic E-state index is 0.0177. The van der Waals surface area contributed by atoms with E-state index >= 15 is 0 Å². The first-order valence-electron chi connectivity index (χ1n) is 7.64. The minimum Gasteiger partial charge on any atom is -0.497 e. The summed E-state index contributed by atoms with van der Waals surface area (Å²) in [5.74, 6) is 0.614. The number of carbonyl (C=O) groups is 1. The summed E-state index contributed by atoms with van der Waals surface area (Å²) in [5, 5.41) is 5.88. The number of carbonyl (C=O) groups excluding carboxylic acids is 1. The van der Waals surface area contributed by atoms with Crippen LogP contribution < -0.4 is 20.9 Å². The zero-order chi connectivity index (χ0) is 17.4. The van der Waals surface area contributed by atoms with Crippen LogP contribution in [0.4, 0.5) is 10.5 Å². The van der Waals surface area contributed by atoms with Gasteiger partial charge < -0.3 is 19.9 Å². The molecule has 2 aromatic rings. The monoisotopic (exact) mass is 349 g/mol. The zero-order valence-electron chi connectivity index (χ0n) is 13.4. The smallest absolute Gasteiger partial charge is 0.319 e. The molecule has 1 aromatic heterocycles. The van der Waals surface area contributed by atoms with Crippen LogP contribution in [0.2, 0.25) is 5.02 Å². The first-order valence-corrected chi connectivity index (χ1v) is 8.02. The number of hydrogen-bond acceptors (Lipinski definition) is 3. The Bertz CT molecular complexity index is 746. The predicted molar refractivity (Wildman–Crippen MR) is 95.0 cm³/mol. The van der Waals surface area contributed by atoms with E-state index in [2.05, 4.69) is 10.6 Å². The van der Waals surface area contributed by atoms with Crippen molar-refractivity contribution in [3.63, 3.8) is 0 Å². The van der Waals surface area contributed by atoms with Gasteiger partial charge in [-0.1, -0.05) is 17.7 Å². The molecule has 0 atom stereocenters. The molecule has 0 spiro atoms. The Morgan fingerprint density at radius 3 is 2.83 bits per heavy atom. The van der Waals surface area contributed by atoms with E-state index in [4.69, 9.17) is 16.3 Å². The molecule has 0 radical (unpaired) electrons. The maximum absolute atomic E-state index is 11.9. The summed E-state index contributed by atoms with van der Waals surface area (Å²) >= 11 is 6.03. The summed E-state index contributed by atoms with van der Waals surface area (Å²) in [5.41, 5.74) is 0.472. The van der Waals surface area contributed by atoms with Crippen LogP contribution in [0.15, 0.2) is 47.4 Å². The summed E-state index contributed by atoms with van der Waals surface area (Å²) in [6.07, 6.45) is 3.32. The first kappa shape index (κ1) is 17.9. The lowest BCUT2D eigenvalue weighted by molar-refractivity contribution is 0.252. The molecule has 2 amide bonds. The lowest BCUT2D eigenvalue weighted by Crippen LogP contribution is -2.30. The summed E-state index contributed by atoms with van der Waals surface area (Å²) in [7, 11) is 1.55. The van der Waals surface area contributed by atoms with Crippen molar-refractivity contribution >= 4 is 23.3 Å². The molecule has 1 aromatic carbocycles. The third kappa shape index (κ3) is 5.31. The molecule has 7 heteroatoms. The molecule has 2 N–H and O–H groups in total. The molecule has 24 heavy (non-hydrogen) atoms. The van der Waals surface area contributed by atoms with Crippen molar-refractivity contribution in [2.24, 2.45) is 0 Å². The number of hydrogen-bond donors (Lipinski definition) is 2. The number of aryl methyl sites for hydroxylation is 1. The highest BCUT2D eigenvalue weighted by Crippen LogP contribution is 2.26. The van der Waals surface area contributed by atoms with Crippen molar-refractivity contribution in [3.8, 4) is 5.75 Å². The molecule has 0 fully saturated rings. The van der Waals surface area contributed by atoms with Crippen molar-refractivity contribution in [2.45, 2.75) is 19.4 Å². The molecular formula is C17H20ClN3O3. The predicted octanol–water partition coefficient (Wildman–Crippen LogP) is 3.11. The third-order valence-electron chi connectivity index (χ3n) is 3.43. The Kier molecular flexibility index (Phi) is 6.69. The van der Waals surface area contributed by atoms with Crippen molar-refractivity contribution in [1.82, 2.24) is 9.88 Å². The van der Waals surface area contributed by atoms with Gasteiger partial charge in [-0.25, -0.2) is 4.79 Å². The van der Waals surface area contributed by atoms with Crippen molar-refractivity contribution in [2.75, 3.05) is 19.0 Å². The number of methoxy groups -OCH3 is 1. The molecule has 1 heterocycles. The van der Waals surface area contributed by atoms with Crippen LogP contribution in [-0.2, 0) is 6.54 Å². The van der Waals surface area contributed by atoms with Crippen LogP contribution in [0.5, 0.6) is 5.75 Å². The fraction of sp³-hybridized carbons (Fsp3) is 0.294. The van der Waals surface area contributed by atoms with Gasteiger partial charge in [-0.2, -0.15) is 0 Å². The number of nitrogens with one attached hydrogen (secondary N) is 2. The number of rotatable bonds is 7. The summed E-state index contributed by atoms with van der Waals surface area (Å²) in [4.78, 5) is 23.4. The number of pyridine rings is 1. The Labute approximate surface area is 145 Å². The number of anilines is 1. The lowest BCUT2D eigenvalue weighted by atomic mass is 10.3. The highest BCUT2D eigenvalue weighted by atomic mass is 35.5. The maximum Gasteiger partial charge on any atom is 0.319 e. The molecule has 0 saturated carbocycles. The molecule has 0 aliphatic heterocycles. The largest absolute Gasteiger partial charge is 0.497 e. The number of aromatic nitrogens is 1. The van der Waals surface area contributed by atoms with Gasteiger partial charge in [0.1, 0.15) is 5.75 Å². The molecule has 0 aliphatic rings. The van der Waals surface area contributed by atoms with E-state index in [0.717, 1.165) is 12.8 Å². The number of benzene rings is 1. The number of unbranched alkanes of at least 4 members (excludes halogenated alkanes) is 1. The van der Waals surface area contributed by atoms with E-state index in [1.165, 1.54) is 6.07 Å². The maximum atomic E-state index is 11.9. The summed E-state index contributed by atoms with van der Waals surface area (Å²) in [6.45, 7) is 1.14. The van der Waals surface area contributed by atoms with Gasteiger partial charge in [0.25, 0.3) is 0 Å². The number of amides is 2. The van der Waals surface area contributed by atoms with Gasteiger partial charge in [0.2, 0.25) is 5.56 Å². The minimum atomic E-state index is -0.331. The molecule has 128 valence electrons. The summed E-state index contributed by atoms with van der Waals surface area (Å²) < 4.78 is 6.75. The van der Waals surface area contributed by atoms with Gasteiger partial charge in [0.15, 0.2) is 0 Å². The van der Waals surface area contributed by atoms with E-state index in [1.807, 2.05) is 6.07 Å². The Balaban J connectivity index is 1.72. The highest BCUT2D eigenvalue weighted by Gasteiger charge is 2.06. The van der Waals surface area contributed by atoms with Gasteiger partial charge >= 0.3 is 6.03 Å². The van der Waals surface area contributed by atoms with Crippen LogP contribution in [0.1, 0.15) is 12.8 Å². The van der Waals surface area contributed by atoms with E-state index < -0.39 is 0 Å². The van der Waals surface area contributed by atoms with Crippen molar-refractivity contribution in [1.29, 1.82) is 0 Å². The lowest BCUT2D eigenvalue weighted by Gasteiger charge is -2.10. The molecular weight excluding hydrogens is 330 g/mol. The van der Waals surface area contributed by atoms with E-state index in [0.29, 0.717) is 29.5 Å². The number of ether oxygens (including phenoxy) is 1. The van der Waals surface area contributed by atoms with Gasteiger partial charge in [0.05, 0.1) is 17.8 Å². The Morgan fingerprint density at radius 2 is 2.08 bits per heavy atom. The Morgan fingerprint density at radius 1 is 1.25 bits per heavy atom. The SMILES string of the molecule is COc1ccc(Cl)c(NC(=O)NCCCCn2ccccc2=O)c1. The second kappa shape index (κ2) is 8.98. The standard InChI is InChI=1S/C17H20ClN3O3/c1-24-13-7-8-14(18)15(12-13)20-17(23)19-9-3-5-11-21-10-4-2-6-16(21)22/h2,4,6-8,10,12H,3,5,9,11H2,1H3,(H2,19,20,23). The van der Waals surface area contributed by atoms with E-state index in [1.54, 1.807) is 42.1 Å². The zero-order valence-corrected chi connectivity index (χ0v) is 14.2. The number of urea groups is 1. The average Bonchev–Trinajstić information content (AvgIpc) is 2.58. The molecule has 6 nitrogen and oxygen atoms in total. The molecule has 0 saturated heterocycles. The van der Waals surface area contributed by atoms with Gasteiger partial charge in [-0.15, -0.1) is 0 Å². The molecule has 2 rings (SSSR count). The van der Waals surface area contributed by atoms with Crippen LogP contribution in [-0.4, -0.2) is 24.3 Å². The van der Waals surface area contributed by atoms with Gasteiger partial charge in [-0.05, 0) is 31.0 Å². The van der Waals surface area contributed by atoms with Gasteiger partial charge in [-0.3, -0.25) is 4.79 Å². The van der Waals surface area contributed by atoms with Gasteiger partial charge in [0, 0.05) is 31.4 Å². The number of halogens is 1. The van der Waals surface area contributed by atoms with Crippen molar-refractivity contribution in [3.05, 3.63) is 58.0 Å². The van der Waals surface area contributed by atoms with E-state index in [-0.39, 0.29) is 11.6 Å². The second-order valence-corrected chi connectivity index (χ2v) is 5.57. The fourth-order valence-electron chi connectivity index (χ4n) is 2.15. The summed E-state index contributed by atoms with van der Waals surface area (Å²) in [6, 6.07) is 9.78. The molecule has 0 aliphatic carbocycles. The second-order valence-electron chi connectivity index (χ2n) is 5.17. The van der Waals surface area contributed by atoms with E-state index in [9.17, 15) is 9.59 Å². The Hall–Kier alpha value is -2.47. The normalized spacial score (nSPS) is 10.2. The highest BCUT2D eigenvalue weighted by molar-refractivity contribution is 6.33. The molecule has 0 bridgehead atoms. The van der Waals surface area contributed by atoms with Crippen LogP contribution in [0, 0.1) is 0 Å². The van der Waals surface area contributed by atoms with Crippen LogP contribution in [0.3, 0.4) is 0 Å². The van der Waals surface area contributed by atoms with Crippen LogP contribution in [0.25, 0.3) is 0 Å². The first-order chi connectivity index (χ1) is 11.6. The van der Waals surface area contributed by atoms with Crippen molar-refractivity contribution < 1.29 is 9.53 Å². The van der Waals surface area contributed by atoms with Crippen LogP contribution >= 0.6 is 11.6 Å². The fourth-order valence-corrected chi connectivity index (χ4v) is 2.31. The quantitative estimate of drug-likeness (QED) is 0.754. The average molecular weight is 350 g/mol. The third-order valence-corrected chi connectivity index (χ3v) is 3.76.